The SMILES string of the molecule is COC(=O)C(C)(C)c1cn(C(C)(F)F)c(=O)cn1. The van der Waals surface area contributed by atoms with Crippen molar-refractivity contribution in [1.82, 2.24) is 9.55 Å². The Bertz CT molecular complexity index is 518. The Balaban J connectivity index is 3.38. The predicted molar refractivity (Wildman–Crippen MR) is 59.4 cm³/mol. The van der Waals surface area contributed by atoms with Gasteiger partial charge in [-0.1, -0.05) is 0 Å². The molecule has 5 nitrogen and oxygen atoms in total. The van der Waals surface area contributed by atoms with E-state index in [4.69, 9.17) is 0 Å². The van der Waals surface area contributed by atoms with Crippen molar-refractivity contribution in [2.75, 3.05) is 7.11 Å². The van der Waals surface area contributed by atoms with Gasteiger partial charge in [-0.2, -0.15) is 8.78 Å². The third-order valence-corrected chi connectivity index (χ3v) is 2.56. The molecule has 0 saturated carbocycles. The number of nitrogens with zero attached hydrogens (tertiary/aromatic N) is 2. The molecule has 0 aliphatic heterocycles. The van der Waals surface area contributed by atoms with E-state index >= 15 is 0 Å². The van der Waals surface area contributed by atoms with E-state index in [0.717, 1.165) is 12.4 Å². The van der Waals surface area contributed by atoms with Crippen molar-refractivity contribution in [3.05, 3.63) is 28.4 Å². The summed E-state index contributed by atoms with van der Waals surface area (Å²) in [5.41, 5.74) is -2.11. The quantitative estimate of drug-likeness (QED) is 0.768. The van der Waals surface area contributed by atoms with E-state index in [1.54, 1.807) is 0 Å². The maximum absolute atomic E-state index is 13.2. The second-order valence-electron chi connectivity index (χ2n) is 4.44. The molecule has 100 valence electrons. The Morgan fingerprint density at radius 3 is 2.39 bits per heavy atom. The van der Waals surface area contributed by atoms with Crippen molar-refractivity contribution in [3.8, 4) is 0 Å². The van der Waals surface area contributed by atoms with Gasteiger partial charge >= 0.3 is 12.0 Å². The van der Waals surface area contributed by atoms with E-state index < -0.39 is 23.0 Å². The number of halogens is 2. The predicted octanol–water partition coefficient (Wildman–Crippen LogP) is 1.26. The molecule has 1 heterocycles. The van der Waals surface area contributed by atoms with Crippen molar-refractivity contribution in [2.24, 2.45) is 0 Å². The molecule has 0 N–H and O–H groups in total. The van der Waals surface area contributed by atoms with Crippen LogP contribution in [0, 0.1) is 0 Å². The second kappa shape index (κ2) is 4.47. The lowest BCUT2D eigenvalue weighted by molar-refractivity contribution is -0.146. The third-order valence-electron chi connectivity index (χ3n) is 2.56. The molecule has 0 unspecified atom stereocenters. The molecular formula is C11H14F2N2O3. The van der Waals surface area contributed by atoms with Crippen LogP contribution < -0.4 is 5.56 Å². The van der Waals surface area contributed by atoms with Crippen molar-refractivity contribution >= 4 is 5.97 Å². The molecule has 1 aromatic heterocycles. The number of rotatable bonds is 3. The van der Waals surface area contributed by atoms with Crippen LogP contribution in [0.3, 0.4) is 0 Å². The van der Waals surface area contributed by atoms with Gasteiger partial charge in [0.15, 0.2) is 0 Å². The zero-order valence-electron chi connectivity index (χ0n) is 10.5. The van der Waals surface area contributed by atoms with Crippen LogP contribution in [0.2, 0.25) is 0 Å². The lowest BCUT2D eigenvalue weighted by Gasteiger charge is -2.22. The monoisotopic (exact) mass is 260 g/mol. The molecule has 0 radical (unpaired) electrons. The summed E-state index contributed by atoms with van der Waals surface area (Å²) < 4.78 is 31.2. The van der Waals surface area contributed by atoms with Crippen molar-refractivity contribution in [3.63, 3.8) is 0 Å². The molecule has 7 heteroatoms. The fraction of sp³-hybridized carbons (Fsp3) is 0.545. The maximum Gasteiger partial charge on any atom is 0.329 e. The minimum Gasteiger partial charge on any atom is -0.468 e. The highest BCUT2D eigenvalue weighted by molar-refractivity contribution is 5.81. The minimum atomic E-state index is -3.36. The van der Waals surface area contributed by atoms with Crippen LogP contribution in [-0.4, -0.2) is 22.6 Å². The lowest BCUT2D eigenvalue weighted by atomic mass is 9.90. The molecule has 0 aliphatic carbocycles. The van der Waals surface area contributed by atoms with Crippen LogP contribution >= 0.6 is 0 Å². The van der Waals surface area contributed by atoms with Gasteiger partial charge in [-0.3, -0.25) is 19.1 Å². The van der Waals surface area contributed by atoms with E-state index in [0.29, 0.717) is 6.92 Å². The van der Waals surface area contributed by atoms with Gasteiger partial charge in [-0.15, -0.1) is 0 Å². The number of alkyl halides is 2. The number of aromatic nitrogens is 2. The van der Waals surface area contributed by atoms with Crippen LogP contribution in [0.25, 0.3) is 0 Å². The topological polar surface area (TPSA) is 61.2 Å². The summed E-state index contributed by atoms with van der Waals surface area (Å²) in [6, 6.07) is -3.36. The van der Waals surface area contributed by atoms with Gasteiger partial charge in [0.2, 0.25) is 0 Å². The average Bonchev–Trinajstić information content (AvgIpc) is 2.26. The smallest absolute Gasteiger partial charge is 0.329 e. The molecule has 0 bridgehead atoms. The molecule has 0 fully saturated rings. The number of ether oxygens (including phenoxy) is 1. The Morgan fingerprint density at radius 1 is 1.39 bits per heavy atom. The summed E-state index contributed by atoms with van der Waals surface area (Å²) >= 11 is 0. The minimum absolute atomic E-state index is 0.0375. The second-order valence-corrected chi connectivity index (χ2v) is 4.44. The fourth-order valence-corrected chi connectivity index (χ4v) is 1.40. The summed E-state index contributed by atoms with van der Waals surface area (Å²) in [6.45, 7) is 3.54. The van der Waals surface area contributed by atoms with E-state index in [2.05, 4.69) is 9.72 Å². The molecule has 0 atom stereocenters. The van der Waals surface area contributed by atoms with Crippen molar-refractivity contribution < 1.29 is 18.3 Å². The van der Waals surface area contributed by atoms with Gasteiger partial charge < -0.3 is 4.74 Å². The highest BCUT2D eigenvalue weighted by Gasteiger charge is 2.35. The van der Waals surface area contributed by atoms with Crippen molar-refractivity contribution in [2.45, 2.75) is 32.2 Å². The normalized spacial score (nSPS) is 12.3. The van der Waals surface area contributed by atoms with Crippen LogP contribution in [0.4, 0.5) is 8.78 Å². The standard InChI is InChI=1S/C11H14F2N2O3/c1-10(2,9(17)18-4)7-6-15(11(3,12)13)8(16)5-14-7/h5-6H,1-4H3. The summed E-state index contributed by atoms with van der Waals surface area (Å²) in [5.74, 6) is -0.625. The van der Waals surface area contributed by atoms with Gasteiger partial charge in [-0.05, 0) is 13.8 Å². The third kappa shape index (κ3) is 2.55. The number of carbonyl (C=O) groups is 1. The zero-order valence-corrected chi connectivity index (χ0v) is 10.5. The van der Waals surface area contributed by atoms with Crippen LogP contribution in [0.15, 0.2) is 17.2 Å². The first-order chi connectivity index (χ1) is 8.10. The highest BCUT2D eigenvalue weighted by atomic mass is 19.3. The molecule has 0 spiro atoms. The first kappa shape index (κ1) is 14.3. The molecular weight excluding hydrogens is 246 g/mol. The first-order valence-corrected chi connectivity index (χ1v) is 5.16. The lowest BCUT2D eigenvalue weighted by Crippen LogP contribution is -2.37. The summed E-state index contributed by atoms with van der Waals surface area (Å²) in [4.78, 5) is 26.6. The Labute approximate surface area is 102 Å². The largest absolute Gasteiger partial charge is 0.468 e. The van der Waals surface area contributed by atoms with Gasteiger partial charge in [0.05, 0.1) is 19.0 Å². The van der Waals surface area contributed by atoms with Gasteiger partial charge in [0.1, 0.15) is 5.41 Å². The van der Waals surface area contributed by atoms with E-state index in [9.17, 15) is 18.4 Å². The number of carbonyl (C=O) groups excluding carboxylic acids is 1. The number of methoxy groups -OCH3 is 1. The van der Waals surface area contributed by atoms with Crippen LogP contribution in [0.5, 0.6) is 0 Å². The summed E-state index contributed by atoms with van der Waals surface area (Å²) in [5, 5.41) is 0. The van der Waals surface area contributed by atoms with Gasteiger partial charge in [0.25, 0.3) is 5.56 Å². The van der Waals surface area contributed by atoms with Crippen LogP contribution in [-0.2, 0) is 21.0 Å². The van der Waals surface area contributed by atoms with Crippen LogP contribution in [0.1, 0.15) is 26.5 Å². The van der Waals surface area contributed by atoms with E-state index in [1.165, 1.54) is 21.0 Å². The fourth-order valence-electron chi connectivity index (χ4n) is 1.40. The maximum atomic E-state index is 13.2. The molecule has 0 saturated heterocycles. The average molecular weight is 260 g/mol. The van der Waals surface area contributed by atoms with Crippen molar-refractivity contribution in [1.29, 1.82) is 0 Å². The summed E-state index contributed by atoms with van der Waals surface area (Å²) in [6.07, 6.45) is 1.64. The molecule has 1 aromatic rings. The molecule has 0 aliphatic rings. The number of hydrogen-bond donors (Lipinski definition) is 0. The number of esters is 1. The summed E-state index contributed by atoms with van der Waals surface area (Å²) in [7, 11) is 1.19. The molecule has 18 heavy (non-hydrogen) atoms. The Kier molecular flexibility index (Phi) is 3.54. The van der Waals surface area contributed by atoms with Gasteiger partial charge in [-0.25, -0.2) is 0 Å². The Morgan fingerprint density at radius 2 is 1.94 bits per heavy atom. The zero-order chi connectivity index (χ0) is 14.1. The molecule has 0 aromatic carbocycles. The molecule has 0 amide bonds. The van der Waals surface area contributed by atoms with Gasteiger partial charge in [0, 0.05) is 13.1 Å². The number of hydrogen-bond acceptors (Lipinski definition) is 4. The molecule has 1 rings (SSSR count). The Hall–Kier alpha value is -1.79. The van der Waals surface area contributed by atoms with E-state index in [1.807, 2.05) is 0 Å². The first-order valence-electron chi connectivity index (χ1n) is 5.16. The van der Waals surface area contributed by atoms with E-state index in [-0.39, 0.29) is 10.3 Å². The highest BCUT2D eigenvalue weighted by Crippen LogP contribution is 2.24.